The Labute approximate surface area is 106 Å². The molecule has 0 saturated heterocycles. The van der Waals surface area contributed by atoms with E-state index in [0.29, 0.717) is 0 Å². The molecule has 16 heavy (non-hydrogen) atoms. The summed E-state index contributed by atoms with van der Waals surface area (Å²) in [6.07, 6.45) is 4.16. The Bertz CT molecular complexity index is 361. The normalized spacial score (nSPS) is 15.9. The van der Waals surface area contributed by atoms with Gasteiger partial charge < -0.3 is 10.6 Å². The number of hydrogen-bond acceptors (Lipinski definition) is 2. The Morgan fingerprint density at radius 2 is 2.19 bits per heavy atom. The van der Waals surface area contributed by atoms with E-state index in [1.807, 2.05) is 12.1 Å². The third-order valence-corrected chi connectivity index (χ3v) is 3.91. The third kappa shape index (κ3) is 2.51. The summed E-state index contributed by atoms with van der Waals surface area (Å²) in [4.78, 5) is 2.39. The summed E-state index contributed by atoms with van der Waals surface area (Å²) in [5, 5.41) is 0. The Morgan fingerprint density at radius 3 is 2.75 bits per heavy atom. The van der Waals surface area contributed by atoms with Gasteiger partial charge in [-0.25, -0.2) is 0 Å². The third-order valence-electron chi connectivity index (χ3n) is 3.42. The summed E-state index contributed by atoms with van der Waals surface area (Å²) in [6.45, 7) is 4.37. The van der Waals surface area contributed by atoms with Crippen LogP contribution in [0.5, 0.6) is 0 Å². The summed E-state index contributed by atoms with van der Waals surface area (Å²) in [6, 6.07) is 6.09. The zero-order chi connectivity index (χ0) is 11.5. The first-order valence-electron chi connectivity index (χ1n) is 6.00. The number of hydrogen-bond donors (Lipinski definition) is 1. The molecule has 2 N–H and O–H groups in total. The molecule has 88 valence electrons. The Kier molecular flexibility index (Phi) is 3.74. The molecular formula is C13H19BrN2. The maximum Gasteiger partial charge on any atom is 0.0611 e. The van der Waals surface area contributed by atoms with Gasteiger partial charge in [0, 0.05) is 17.6 Å². The van der Waals surface area contributed by atoms with Gasteiger partial charge in [-0.3, -0.25) is 0 Å². The molecule has 2 nitrogen and oxygen atoms in total. The average Bonchev–Trinajstić information content (AvgIpc) is 2.21. The van der Waals surface area contributed by atoms with Crippen LogP contribution >= 0.6 is 15.9 Å². The first-order chi connectivity index (χ1) is 7.70. The van der Waals surface area contributed by atoms with E-state index in [2.05, 4.69) is 33.8 Å². The molecule has 1 aliphatic rings. The maximum atomic E-state index is 6.04. The van der Waals surface area contributed by atoms with Crippen molar-refractivity contribution in [3.63, 3.8) is 0 Å². The molecule has 0 aliphatic heterocycles. The second-order valence-electron chi connectivity index (χ2n) is 4.54. The molecule has 0 unspecified atom stereocenters. The van der Waals surface area contributed by atoms with Crippen molar-refractivity contribution in [1.29, 1.82) is 0 Å². The first kappa shape index (κ1) is 11.8. The van der Waals surface area contributed by atoms with Crippen LogP contribution in [0.4, 0.5) is 11.4 Å². The smallest absolute Gasteiger partial charge is 0.0611 e. The number of anilines is 2. The Hall–Kier alpha value is -0.700. The molecule has 3 heteroatoms. The molecule has 1 aliphatic carbocycles. The molecule has 2 rings (SSSR count). The van der Waals surface area contributed by atoms with Gasteiger partial charge in [0.1, 0.15) is 0 Å². The second-order valence-corrected chi connectivity index (χ2v) is 5.45. The average molecular weight is 283 g/mol. The minimum Gasteiger partial charge on any atom is -0.397 e. The van der Waals surface area contributed by atoms with Crippen molar-refractivity contribution in [3.8, 4) is 0 Å². The van der Waals surface area contributed by atoms with E-state index < -0.39 is 0 Å². The lowest BCUT2D eigenvalue weighted by Crippen LogP contribution is -2.32. The molecule has 1 aromatic carbocycles. The summed E-state index contributed by atoms with van der Waals surface area (Å²) in [7, 11) is 0. The minimum absolute atomic E-state index is 0.873. The largest absolute Gasteiger partial charge is 0.397 e. The highest BCUT2D eigenvalue weighted by Gasteiger charge is 2.21. The quantitative estimate of drug-likeness (QED) is 0.854. The fraction of sp³-hybridized carbons (Fsp3) is 0.538. The van der Waals surface area contributed by atoms with Crippen molar-refractivity contribution in [2.75, 3.05) is 23.7 Å². The van der Waals surface area contributed by atoms with Crippen molar-refractivity contribution >= 4 is 27.3 Å². The molecular weight excluding hydrogens is 264 g/mol. The van der Waals surface area contributed by atoms with Crippen LogP contribution in [0.2, 0.25) is 0 Å². The molecule has 0 atom stereocenters. The van der Waals surface area contributed by atoms with Gasteiger partial charge in [0.25, 0.3) is 0 Å². The molecule has 0 aromatic heterocycles. The van der Waals surface area contributed by atoms with Crippen LogP contribution in [0.1, 0.15) is 26.2 Å². The SMILES string of the molecule is CCN(CC1CCC1)c1cc(Br)ccc1N. The van der Waals surface area contributed by atoms with Crippen molar-refractivity contribution < 1.29 is 0 Å². The summed E-state index contributed by atoms with van der Waals surface area (Å²) in [5.41, 5.74) is 8.09. The van der Waals surface area contributed by atoms with Crippen LogP contribution in [0.15, 0.2) is 22.7 Å². The maximum absolute atomic E-state index is 6.04. The van der Waals surface area contributed by atoms with Crippen molar-refractivity contribution in [2.45, 2.75) is 26.2 Å². The fourth-order valence-corrected chi connectivity index (χ4v) is 2.52. The molecule has 1 aromatic rings. The summed E-state index contributed by atoms with van der Waals surface area (Å²) >= 11 is 3.51. The fourth-order valence-electron chi connectivity index (χ4n) is 2.18. The molecule has 0 bridgehead atoms. The number of nitrogens with zero attached hydrogens (tertiary/aromatic N) is 1. The topological polar surface area (TPSA) is 29.3 Å². The van der Waals surface area contributed by atoms with Gasteiger partial charge in [-0.1, -0.05) is 22.4 Å². The van der Waals surface area contributed by atoms with Gasteiger partial charge in [-0.05, 0) is 43.9 Å². The van der Waals surface area contributed by atoms with Gasteiger partial charge >= 0.3 is 0 Å². The van der Waals surface area contributed by atoms with Gasteiger partial charge in [-0.15, -0.1) is 0 Å². The number of benzene rings is 1. The van der Waals surface area contributed by atoms with Gasteiger partial charge in [0.2, 0.25) is 0 Å². The zero-order valence-corrected chi connectivity index (χ0v) is 11.3. The van der Waals surface area contributed by atoms with E-state index in [-0.39, 0.29) is 0 Å². The molecule has 0 amide bonds. The standard InChI is InChI=1S/C13H19BrN2/c1-2-16(9-10-4-3-5-10)13-8-11(14)6-7-12(13)15/h6-8,10H,2-5,9,15H2,1H3. The van der Waals surface area contributed by atoms with Crippen molar-refractivity contribution in [3.05, 3.63) is 22.7 Å². The molecule has 1 saturated carbocycles. The number of rotatable bonds is 4. The van der Waals surface area contributed by atoms with Crippen LogP contribution in [-0.4, -0.2) is 13.1 Å². The van der Waals surface area contributed by atoms with E-state index >= 15 is 0 Å². The van der Waals surface area contributed by atoms with Crippen LogP contribution in [0, 0.1) is 5.92 Å². The lowest BCUT2D eigenvalue weighted by molar-refractivity contribution is 0.318. The lowest BCUT2D eigenvalue weighted by atomic mass is 9.85. The monoisotopic (exact) mass is 282 g/mol. The second kappa shape index (κ2) is 5.09. The number of nitrogen functional groups attached to an aromatic ring is 1. The van der Waals surface area contributed by atoms with Crippen LogP contribution < -0.4 is 10.6 Å². The molecule has 0 heterocycles. The molecule has 0 radical (unpaired) electrons. The molecule has 0 spiro atoms. The minimum atomic E-state index is 0.873. The van der Waals surface area contributed by atoms with Crippen molar-refractivity contribution in [1.82, 2.24) is 0 Å². The summed E-state index contributed by atoms with van der Waals surface area (Å²) < 4.78 is 1.10. The highest BCUT2D eigenvalue weighted by molar-refractivity contribution is 9.10. The Morgan fingerprint density at radius 1 is 1.44 bits per heavy atom. The Balaban J connectivity index is 2.14. The van der Waals surface area contributed by atoms with E-state index in [1.165, 1.54) is 24.9 Å². The van der Waals surface area contributed by atoms with Crippen molar-refractivity contribution in [2.24, 2.45) is 5.92 Å². The van der Waals surface area contributed by atoms with E-state index in [9.17, 15) is 0 Å². The summed E-state index contributed by atoms with van der Waals surface area (Å²) in [5.74, 6) is 0.873. The van der Waals surface area contributed by atoms with E-state index in [1.54, 1.807) is 0 Å². The first-order valence-corrected chi connectivity index (χ1v) is 6.80. The number of nitrogens with two attached hydrogens (primary N) is 1. The van der Waals surface area contributed by atoms with Crippen LogP contribution in [0.3, 0.4) is 0 Å². The highest BCUT2D eigenvalue weighted by Crippen LogP contribution is 2.32. The number of halogens is 1. The van der Waals surface area contributed by atoms with Crippen LogP contribution in [-0.2, 0) is 0 Å². The lowest BCUT2D eigenvalue weighted by Gasteiger charge is -2.33. The van der Waals surface area contributed by atoms with E-state index in [4.69, 9.17) is 5.73 Å². The predicted octanol–water partition coefficient (Wildman–Crippen LogP) is 3.66. The highest BCUT2D eigenvalue weighted by atomic mass is 79.9. The van der Waals surface area contributed by atoms with Crippen LogP contribution in [0.25, 0.3) is 0 Å². The van der Waals surface area contributed by atoms with E-state index in [0.717, 1.165) is 29.2 Å². The zero-order valence-electron chi connectivity index (χ0n) is 9.75. The van der Waals surface area contributed by atoms with Gasteiger partial charge in [0.05, 0.1) is 11.4 Å². The molecule has 1 fully saturated rings. The predicted molar refractivity (Wildman–Crippen MR) is 73.8 cm³/mol. The van der Waals surface area contributed by atoms with Gasteiger partial charge in [0.15, 0.2) is 0 Å². The van der Waals surface area contributed by atoms with Gasteiger partial charge in [-0.2, -0.15) is 0 Å².